The molecule has 0 radical (unpaired) electrons. The van der Waals surface area contributed by atoms with E-state index in [-0.39, 0.29) is 5.91 Å². The first kappa shape index (κ1) is 13.5. The summed E-state index contributed by atoms with van der Waals surface area (Å²) in [5.74, 6) is -0.0421. The normalized spacial score (nSPS) is 17.3. The van der Waals surface area contributed by atoms with Gasteiger partial charge in [0.2, 0.25) is 0 Å². The highest BCUT2D eigenvalue weighted by atomic mass is 35.5. The Hall–Kier alpha value is -1.46. The first-order chi connectivity index (χ1) is 9.65. The maximum atomic E-state index is 12.2. The van der Waals surface area contributed by atoms with Gasteiger partial charge in [0, 0.05) is 23.8 Å². The van der Waals surface area contributed by atoms with Crippen LogP contribution in [0.15, 0.2) is 39.9 Å². The highest BCUT2D eigenvalue weighted by Crippen LogP contribution is 2.36. The van der Waals surface area contributed by atoms with Gasteiger partial charge in [0.05, 0.1) is 11.4 Å². The maximum Gasteiger partial charge on any atom is 0.260 e. The number of thioether (sulfide) groups is 1. The van der Waals surface area contributed by atoms with Crippen molar-refractivity contribution in [1.82, 2.24) is 10.2 Å². The average Bonchev–Trinajstić information content (AvgIpc) is 3.01. The lowest BCUT2D eigenvalue weighted by Gasteiger charge is -2.12. The lowest BCUT2D eigenvalue weighted by atomic mass is 10.2. The van der Waals surface area contributed by atoms with Crippen LogP contribution in [0.3, 0.4) is 0 Å². The molecule has 0 aromatic heterocycles. The zero-order valence-corrected chi connectivity index (χ0v) is 12.6. The molecule has 20 heavy (non-hydrogen) atoms. The van der Waals surface area contributed by atoms with E-state index in [1.54, 1.807) is 0 Å². The van der Waals surface area contributed by atoms with Crippen LogP contribution < -0.4 is 5.32 Å². The summed E-state index contributed by atoms with van der Waals surface area (Å²) in [5, 5.41) is 4.58. The van der Waals surface area contributed by atoms with Gasteiger partial charge >= 0.3 is 0 Å². The van der Waals surface area contributed by atoms with Gasteiger partial charge in [-0.25, -0.2) is 0 Å². The highest BCUT2D eigenvalue weighted by molar-refractivity contribution is 8.18. The maximum absolute atomic E-state index is 12.2. The fourth-order valence-electron chi connectivity index (χ4n) is 2.19. The lowest BCUT2D eigenvalue weighted by molar-refractivity contribution is -0.117. The Morgan fingerprint density at radius 3 is 2.90 bits per heavy atom. The number of carbonyl (C=O) groups is 1. The number of nitrogens with one attached hydrogen (secondary N) is 1. The van der Waals surface area contributed by atoms with Crippen LogP contribution in [0.1, 0.15) is 12.5 Å². The van der Waals surface area contributed by atoms with E-state index in [0.29, 0.717) is 11.6 Å². The van der Waals surface area contributed by atoms with Crippen molar-refractivity contribution in [3.8, 4) is 0 Å². The van der Waals surface area contributed by atoms with Crippen molar-refractivity contribution >= 4 is 34.4 Å². The Labute approximate surface area is 126 Å². The quantitative estimate of drug-likeness (QED) is 0.933. The van der Waals surface area contributed by atoms with Gasteiger partial charge in [-0.15, -0.1) is 0 Å². The molecule has 2 aliphatic heterocycles. The van der Waals surface area contributed by atoms with Crippen molar-refractivity contribution in [1.29, 1.82) is 0 Å². The smallest absolute Gasteiger partial charge is 0.260 e. The molecule has 0 bridgehead atoms. The Morgan fingerprint density at radius 2 is 2.20 bits per heavy atom. The van der Waals surface area contributed by atoms with Crippen LogP contribution in [0.5, 0.6) is 0 Å². The minimum atomic E-state index is -0.0421. The van der Waals surface area contributed by atoms with E-state index >= 15 is 0 Å². The number of hydrogen-bond donors (Lipinski definition) is 1. The molecule has 2 aliphatic rings. The second-order valence-electron chi connectivity index (χ2n) is 4.64. The summed E-state index contributed by atoms with van der Waals surface area (Å²) in [4.78, 5) is 19.5. The number of halogens is 1. The van der Waals surface area contributed by atoms with Gasteiger partial charge in [-0.05, 0) is 36.4 Å². The molecule has 0 fully saturated rings. The number of amides is 1. The summed E-state index contributed by atoms with van der Waals surface area (Å²) >= 11 is 7.29. The first-order valence-corrected chi connectivity index (χ1v) is 7.58. The van der Waals surface area contributed by atoms with E-state index in [0.717, 1.165) is 34.4 Å². The summed E-state index contributed by atoms with van der Waals surface area (Å²) in [7, 11) is 0. The van der Waals surface area contributed by atoms with Crippen LogP contribution in [-0.4, -0.2) is 29.1 Å². The van der Waals surface area contributed by atoms with E-state index in [1.807, 2.05) is 31.2 Å². The van der Waals surface area contributed by atoms with Gasteiger partial charge in [-0.2, -0.15) is 0 Å². The minimum Gasteiger partial charge on any atom is -0.347 e. The average molecular weight is 308 g/mol. The van der Waals surface area contributed by atoms with Crippen molar-refractivity contribution in [3.63, 3.8) is 0 Å². The van der Waals surface area contributed by atoms with Crippen molar-refractivity contribution in [2.75, 3.05) is 13.1 Å². The summed E-state index contributed by atoms with van der Waals surface area (Å²) < 4.78 is 0. The van der Waals surface area contributed by atoms with Crippen LogP contribution >= 0.6 is 23.4 Å². The first-order valence-electron chi connectivity index (χ1n) is 6.38. The van der Waals surface area contributed by atoms with Gasteiger partial charge in [0.1, 0.15) is 0 Å². The van der Waals surface area contributed by atoms with Gasteiger partial charge in [-0.3, -0.25) is 9.79 Å². The molecule has 1 amide bonds. The fourth-order valence-corrected chi connectivity index (χ4v) is 3.41. The van der Waals surface area contributed by atoms with Gasteiger partial charge < -0.3 is 10.2 Å². The second kappa shape index (κ2) is 5.50. The number of amidine groups is 1. The molecule has 0 spiro atoms. The molecular weight excluding hydrogens is 294 g/mol. The molecule has 1 N–H and O–H groups in total. The molecule has 1 aromatic rings. The molecule has 0 unspecified atom stereocenters. The number of aliphatic imine (C=N–C) groups is 1. The topological polar surface area (TPSA) is 44.7 Å². The van der Waals surface area contributed by atoms with E-state index in [2.05, 4.69) is 15.2 Å². The molecule has 1 aromatic carbocycles. The van der Waals surface area contributed by atoms with E-state index < -0.39 is 0 Å². The monoisotopic (exact) mass is 307 g/mol. The van der Waals surface area contributed by atoms with Crippen molar-refractivity contribution in [2.24, 2.45) is 4.99 Å². The molecule has 2 heterocycles. The van der Waals surface area contributed by atoms with Gasteiger partial charge in [0.15, 0.2) is 5.17 Å². The third kappa shape index (κ3) is 2.55. The zero-order chi connectivity index (χ0) is 14.1. The largest absolute Gasteiger partial charge is 0.347 e. The van der Waals surface area contributed by atoms with Crippen molar-refractivity contribution in [3.05, 3.63) is 45.5 Å². The van der Waals surface area contributed by atoms with Crippen LogP contribution in [0.2, 0.25) is 5.02 Å². The van der Waals surface area contributed by atoms with Gasteiger partial charge in [0.25, 0.3) is 5.91 Å². The number of allylic oxidation sites excluding steroid dienone is 1. The Bertz CT molecular complexity index is 609. The molecule has 0 aliphatic carbocycles. The molecular formula is C14H14ClN3OS. The number of nitrogens with zero attached hydrogens (tertiary/aromatic N) is 2. The molecule has 4 nitrogen and oxygen atoms in total. The van der Waals surface area contributed by atoms with Gasteiger partial charge in [-0.1, -0.05) is 23.7 Å². The van der Waals surface area contributed by atoms with Crippen molar-refractivity contribution in [2.45, 2.75) is 13.5 Å². The Balaban J connectivity index is 1.64. The number of carbonyl (C=O) groups excluding carboxylic acids is 1. The molecule has 6 heteroatoms. The van der Waals surface area contributed by atoms with E-state index in [4.69, 9.17) is 11.6 Å². The number of benzene rings is 1. The van der Waals surface area contributed by atoms with Crippen LogP contribution in [0.25, 0.3) is 0 Å². The lowest BCUT2D eigenvalue weighted by Crippen LogP contribution is -2.24. The second-order valence-corrected chi connectivity index (χ2v) is 6.06. The van der Waals surface area contributed by atoms with Crippen molar-refractivity contribution < 1.29 is 4.79 Å². The summed E-state index contributed by atoms with van der Waals surface area (Å²) in [6, 6.07) is 7.47. The minimum absolute atomic E-state index is 0.0421. The zero-order valence-electron chi connectivity index (χ0n) is 11.0. The SMILES string of the molecule is CC1=C(C(=O)NCc2ccc(Cl)cc2)SC2=NCCN21. The standard InChI is InChI=1S/C14H14ClN3OS/c1-9-12(20-14-16-6-7-18(9)14)13(19)17-8-10-2-4-11(15)5-3-10/h2-5H,6-8H2,1H3,(H,17,19). The molecule has 3 rings (SSSR count). The van der Waals surface area contributed by atoms with E-state index in [1.165, 1.54) is 11.8 Å². The van der Waals surface area contributed by atoms with Crippen LogP contribution in [0, 0.1) is 0 Å². The number of rotatable bonds is 3. The number of fused-ring (bicyclic) bond motifs is 1. The van der Waals surface area contributed by atoms with Crippen LogP contribution in [0.4, 0.5) is 0 Å². The molecule has 0 atom stereocenters. The molecule has 104 valence electrons. The fraction of sp³-hybridized carbons (Fsp3) is 0.286. The Kier molecular flexibility index (Phi) is 3.72. The predicted molar refractivity (Wildman–Crippen MR) is 82.6 cm³/mol. The Morgan fingerprint density at radius 1 is 1.45 bits per heavy atom. The predicted octanol–water partition coefficient (Wildman–Crippen LogP) is 2.61. The van der Waals surface area contributed by atoms with Crippen LogP contribution in [-0.2, 0) is 11.3 Å². The molecule has 0 saturated heterocycles. The highest BCUT2D eigenvalue weighted by Gasteiger charge is 2.32. The third-order valence-corrected chi connectivity index (χ3v) is 4.77. The van der Waals surface area contributed by atoms with E-state index in [9.17, 15) is 4.79 Å². The third-order valence-electron chi connectivity index (χ3n) is 3.30. The summed E-state index contributed by atoms with van der Waals surface area (Å²) in [5.41, 5.74) is 2.03. The molecule has 0 saturated carbocycles. The number of hydrogen-bond acceptors (Lipinski definition) is 4. The summed E-state index contributed by atoms with van der Waals surface area (Å²) in [6.07, 6.45) is 0. The summed E-state index contributed by atoms with van der Waals surface area (Å²) in [6.45, 7) is 4.17.